The monoisotopic (exact) mass is 250 g/mol. The van der Waals surface area contributed by atoms with E-state index < -0.39 is 0 Å². The van der Waals surface area contributed by atoms with Gasteiger partial charge in [0.05, 0.1) is 13.1 Å². The maximum Gasteiger partial charge on any atom is 0.120 e. The van der Waals surface area contributed by atoms with Crippen molar-refractivity contribution in [2.75, 3.05) is 13.1 Å². The van der Waals surface area contributed by atoms with Crippen LogP contribution in [0.15, 0.2) is 10.5 Å². The molecule has 0 aromatic carbocycles. The summed E-state index contributed by atoms with van der Waals surface area (Å²) in [4.78, 5) is 2.52. The SMILES string of the molecule is CCCNCc1oc(CN2CCCC2C)cc1C. The van der Waals surface area contributed by atoms with Gasteiger partial charge in [0.2, 0.25) is 0 Å². The number of furan rings is 1. The molecule has 0 bridgehead atoms. The van der Waals surface area contributed by atoms with E-state index in [1.165, 1.54) is 24.9 Å². The first kappa shape index (κ1) is 13.6. The molecule has 1 aliphatic heterocycles. The fourth-order valence-electron chi connectivity index (χ4n) is 2.65. The van der Waals surface area contributed by atoms with Crippen LogP contribution in [0.4, 0.5) is 0 Å². The van der Waals surface area contributed by atoms with Crippen molar-refractivity contribution >= 4 is 0 Å². The first-order chi connectivity index (χ1) is 8.70. The molecule has 0 amide bonds. The highest BCUT2D eigenvalue weighted by Crippen LogP contribution is 2.22. The molecule has 1 saturated heterocycles. The molecule has 0 saturated carbocycles. The maximum absolute atomic E-state index is 5.97. The summed E-state index contributed by atoms with van der Waals surface area (Å²) >= 11 is 0. The van der Waals surface area contributed by atoms with Crippen LogP contribution in [0.25, 0.3) is 0 Å². The molecule has 1 atom stereocenters. The largest absolute Gasteiger partial charge is 0.463 e. The van der Waals surface area contributed by atoms with Gasteiger partial charge in [-0.2, -0.15) is 0 Å². The quantitative estimate of drug-likeness (QED) is 0.787. The van der Waals surface area contributed by atoms with Gasteiger partial charge in [0, 0.05) is 6.04 Å². The van der Waals surface area contributed by atoms with Gasteiger partial charge < -0.3 is 9.73 Å². The zero-order valence-corrected chi connectivity index (χ0v) is 12.0. The van der Waals surface area contributed by atoms with Gasteiger partial charge in [-0.25, -0.2) is 0 Å². The van der Waals surface area contributed by atoms with Crippen molar-refractivity contribution in [1.82, 2.24) is 10.2 Å². The Hall–Kier alpha value is -0.800. The van der Waals surface area contributed by atoms with Crippen molar-refractivity contribution in [3.05, 3.63) is 23.2 Å². The molecule has 0 radical (unpaired) electrons. The van der Waals surface area contributed by atoms with Crippen molar-refractivity contribution < 1.29 is 4.42 Å². The summed E-state index contributed by atoms with van der Waals surface area (Å²) in [7, 11) is 0. The molecule has 3 nitrogen and oxygen atoms in total. The molecule has 0 aliphatic carbocycles. The predicted molar refractivity (Wildman–Crippen MR) is 74.5 cm³/mol. The molecule has 1 fully saturated rings. The third-order valence-electron chi connectivity index (χ3n) is 3.83. The van der Waals surface area contributed by atoms with Crippen molar-refractivity contribution in [2.24, 2.45) is 0 Å². The molecular weight excluding hydrogens is 224 g/mol. The van der Waals surface area contributed by atoms with Crippen LogP contribution < -0.4 is 5.32 Å². The van der Waals surface area contributed by atoms with E-state index in [9.17, 15) is 0 Å². The first-order valence-electron chi connectivity index (χ1n) is 7.23. The van der Waals surface area contributed by atoms with Crippen molar-refractivity contribution in [2.45, 2.75) is 59.2 Å². The van der Waals surface area contributed by atoms with Crippen molar-refractivity contribution in [1.29, 1.82) is 0 Å². The number of aryl methyl sites for hydroxylation is 1. The van der Waals surface area contributed by atoms with Crippen LogP contribution in [0, 0.1) is 6.92 Å². The van der Waals surface area contributed by atoms with Gasteiger partial charge in [0.1, 0.15) is 11.5 Å². The average Bonchev–Trinajstić information content (AvgIpc) is 2.88. The Morgan fingerprint density at radius 2 is 2.33 bits per heavy atom. The Kier molecular flexibility index (Phi) is 4.84. The highest BCUT2D eigenvalue weighted by molar-refractivity contribution is 5.20. The lowest BCUT2D eigenvalue weighted by atomic mass is 10.2. The molecule has 1 unspecified atom stereocenters. The standard InChI is InChI=1S/C15H26N2O/c1-4-7-16-10-15-12(2)9-14(18-15)11-17-8-5-6-13(17)3/h9,13,16H,4-8,10-11H2,1-3H3. The zero-order chi connectivity index (χ0) is 13.0. The molecular formula is C15H26N2O. The first-order valence-corrected chi connectivity index (χ1v) is 7.23. The van der Waals surface area contributed by atoms with E-state index >= 15 is 0 Å². The van der Waals surface area contributed by atoms with Crippen LogP contribution >= 0.6 is 0 Å². The molecule has 3 heteroatoms. The molecule has 2 rings (SSSR count). The summed E-state index contributed by atoms with van der Waals surface area (Å²) < 4.78 is 5.97. The van der Waals surface area contributed by atoms with Crippen LogP contribution in [-0.2, 0) is 13.1 Å². The number of hydrogen-bond acceptors (Lipinski definition) is 3. The van der Waals surface area contributed by atoms with E-state index in [-0.39, 0.29) is 0 Å². The smallest absolute Gasteiger partial charge is 0.120 e. The van der Waals surface area contributed by atoms with E-state index in [0.717, 1.165) is 37.6 Å². The van der Waals surface area contributed by atoms with Gasteiger partial charge in [-0.05, 0) is 57.8 Å². The van der Waals surface area contributed by atoms with E-state index in [1.54, 1.807) is 0 Å². The molecule has 1 aromatic heterocycles. The lowest BCUT2D eigenvalue weighted by Gasteiger charge is -2.19. The molecule has 1 N–H and O–H groups in total. The van der Waals surface area contributed by atoms with E-state index in [0.29, 0.717) is 6.04 Å². The highest BCUT2D eigenvalue weighted by Gasteiger charge is 2.21. The topological polar surface area (TPSA) is 28.4 Å². The summed E-state index contributed by atoms with van der Waals surface area (Å²) in [6, 6.07) is 2.91. The van der Waals surface area contributed by atoms with Crippen molar-refractivity contribution in [3.63, 3.8) is 0 Å². The lowest BCUT2D eigenvalue weighted by Crippen LogP contribution is -2.25. The second-order valence-electron chi connectivity index (χ2n) is 5.46. The van der Waals surface area contributed by atoms with Crippen LogP contribution in [0.2, 0.25) is 0 Å². The summed E-state index contributed by atoms with van der Waals surface area (Å²) in [5.41, 5.74) is 1.28. The van der Waals surface area contributed by atoms with Gasteiger partial charge in [0.15, 0.2) is 0 Å². The second-order valence-corrected chi connectivity index (χ2v) is 5.46. The fraction of sp³-hybridized carbons (Fsp3) is 0.733. The normalized spacial score (nSPS) is 20.7. The Morgan fingerprint density at radius 1 is 1.50 bits per heavy atom. The summed E-state index contributed by atoms with van der Waals surface area (Å²) in [6.45, 7) is 10.7. The maximum atomic E-state index is 5.97. The van der Waals surface area contributed by atoms with Gasteiger partial charge in [-0.15, -0.1) is 0 Å². The number of nitrogens with zero attached hydrogens (tertiary/aromatic N) is 1. The van der Waals surface area contributed by atoms with Crippen LogP contribution in [0.3, 0.4) is 0 Å². The molecule has 1 aliphatic rings. The zero-order valence-electron chi connectivity index (χ0n) is 12.0. The van der Waals surface area contributed by atoms with E-state index in [4.69, 9.17) is 4.42 Å². The third kappa shape index (κ3) is 3.36. The van der Waals surface area contributed by atoms with Crippen LogP contribution in [0.5, 0.6) is 0 Å². The molecule has 1 aromatic rings. The minimum atomic E-state index is 0.706. The number of rotatable bonds is 6. The molecule has 102 valence electrons. The Labute approximate surface area is 111 Å². The number of hydrogen-bond donors (Lipinski definition) is 1. The van der Waals surface area contributed by atoms with Gasteiger partial charge in [-0.3, -0.25) is 4.90 Å². The molecule has 18 heavy (non-hydrogen) atoms. The van der Waals surface area contributed by atoms with Gasteiger partial charge >= 0.3 is 0 Å². The predicted octanol–water partition coefficient (Wildman–Crippen LogP) is 3.07. The van der Waals surface area contributed by atoms with Crippen LogP contribution in [-0.4, -0.2) is 24.0 Å². The van der Waals surface area contributed by atoms with Crippen LogP contribution in [0.1, 0.15) is 50.2 Å². The summed E-state index contributed by atoms with van der Waals surface area (Å²) in [5, 5.41) is 3.40. The molecule has 2 heterocycles. The Bertz CT molecular complexity index is 373. The number of nitrogens with one attached hydrogen (secondary N) is 1. The summed E-state index contributed by atoms with van der Waals surface area (Å²) in [5.74, 6) is 2.22. The fourth-order valence-corrected chi connectivity index (χ4v) is 2.65. The highest BCUT2D eigenvalue weighted by atomic mass is 16.3. The van der Waals surface area contributed by atoms with E-state index in [1.807, 2.05) is 0 Å². The Morgan fingerprint density at radius 3 is 3.00 bits per heavy atom. The third-order valence-corrected chi connectivity index (χ3v) is 3.83. The minimum Gasteiger partial charge on any atom is -0.463 e. The van der Waals surface area contributed by atoms with Gasteiger partial charge in [0.25, 0.3) is 0 Å². The summed E-state index contributed by atoms with van der Waals surface area (Å²) in [6.07, 6.45) is 3.81. The van der Waals surface area contributed by atoms with Crippen molar-refractivity contribution in [3.8, 4) is 0 Å². The Balaban J connectivity index is 1.91. The minimum absolute atomic E-state index is 0.706. The van der Waals surface area contributed by atoms with Gasteiger partial charge in [-0.1, -0.05) is 6.92 Å². The second kappa shape index (κ2) is 6.39. The lowest BCUT2D eigenvalue weighted by molar-refractivity contribution is 0.235. The number of likely N-dealkylation sites (tertiary alicyclic amines) is 1. The molecule has 0 spiro atoms. The average molecular weight is 250 g/mol. The van der Waals surface area contributed by atoms with E-state index in [2.05, 4.69) is 37.1 Å².